The molecule has 11 heteroatoms. The molecule has 11 nitrogen and oxygen atoms in total. The zero-order valence-electron chi connectivity index (χ0n) is 23.7. The summed E-state index contributed by atoms with van der Waals surface area (Å²) in [5.74, 6) is 0.838. The van der Waals surface area contributed by atoms with Gasteiger partial charge in [0.2, 0.25) is 5.95 Å². The number of nitrogens with two attached hydrogens (primary N) is 2. The van der Waals surface area contributed by atoms with Crippen LogP contribution in [0.15, 0.2) is 53.3 Å². The lowest BCUT2D eigenvalue weighted by Gasteiger charge is -2.15. The number of para-hydroxylation sites is 1. The number of nitrogens with zero attached hydrogens (tertiary/aromatic N) is 5. The van der Waals surface area contributed by atoms with Gasteiger partial charge in [-0.3, -0.25) is 14.2 Å². The van der Waals surface area contributed by atoms with Crippen LogP contribution in [0.2, 0.25) is 0 Å². The van der Waals surface area contributed by atoms with E-state index in [4.69, 9.17) is 21.7 Å². The minimum atomic E-state index is -0.174. The van der Waals surface area contributed by atoms with E-state index in [0.717, 1.165) is 55.8 Å². The van der Waals surface area contributed by atoms with Gasteiger partial charge in [-0.05, 0) is 50.5 Å². The number of unbranched alkanes of at least 4 members (excludes halogenated alkanes) is 2. The number of carbonyl (C=O) groups is 1. The summed E-state index contributed by atoms with van der Waals surface area (Å²) < 4.78 is 6.39. The van der Waals surface area contributed by atoms with E-state index in [2.05, 4.69) is 26.9 Å². The molecule has 0 amide bonds. The van der Waals surface area contributed by atoms with Crippen LogP contribution in [0, 0.1) is 18.3 Å². The van der Waals surface area contributed by atoms with Crippen LogP contribution in [-0.2, 0) is 16.0 Å². The monoisotopic (exact) mass is 556 g/mol. The third-order valence-electron chi connectivity index (χ3n) is 6.30. The second kappa shape index (κ2) is 15.0. The Hall–Kier alpha value is -4.98. The predicted molar refractivity (Wildman–Crippen MR) is 161 cm³/mol. The average molecular weight is 557 g/mol. The number of anilines is 3. The predicted octanol–water partition coefficient (Wildman–Crippen LogP) is 4.30. The Balaban J connectivity index is 0.000000352. The van der Waals surface area contributed by atoms with Crippen LogP contribution in [0.4, 0.5) is 17.5 Å². The van der Waals surface area contributed by atoms with Gasteiger partial charge in [-0.15, -0.1) is 0 Å². The highest BCUT2D eigenvalue weighted by Gasteiger charge is 2.15. The molecule has 0 atom stereocenters. The molecule has 2 aromatic heterocycles. The quantitative estimate of drug-likeness (QED) is 0.189. The Bertz CT molecular complexity index is 1560. The Morgan fingerprint density at radius 3 is 2.46 bits per heavy atom. The van der Waals surface area contributed by atoms with Gasteiger partial charge in [-0.25, -0.2) is 9.97 Å². The van der Waals surface area contributed by atoms with Crippen molar-refractivity contribution in [1.29, 1.82) is 5.26 Å². The maximum absolute atomic E-state index is 13.5. The van der Waals surface area contributed by atoms with Crippen LogP contribution in [0.25, 0.3) is 16.6 Å². The van der Waals surface area contributed by atoms with E-state index in [0.29, 0.717) is 28.6 Å². The van der Waals surface area contributed by atoms with E-state index in [-0.39, 0.29) is 23.3 Å². The lowest BCUT2D eigenvalue weighted by molar-refractivity contribution is -0.140. The molecule has 0 bridgehead atoms. The van der Waals surface area contributed by atoms with Crippen molar-refractivity contribution in [3.8, 4) is 11.8 Å². The number of carbonyl (C=O) groups excluding carboxylic acids is 1. The molecular formula is C30H36N8O3. The molecule has 0 aliphatic carbocycles. The number of nitrogens with one attached hydrogen (secondary N) is 1. The van der Waals surface area contributed by atoms with Crippen molar-refractivity contribution in [1.82, 2.24) is 19.5 Å². The number of ether oxygens (including phenoxy) is 1. The van der Waals surface area contributed by atoms with Crippen LogP contribution >= 0.6 is 0 Å². The molecule has 0 aliphatic heterocycles. The Morgan fingerprint density at radius 1 is 1.05 bits per heavy atom. The molecule has 0 saturated heterocycles. The smallest absolute Gasteiger partial charge is 0.305 e. The number of nitrogen functional groups attached to an aromatic ring is 2. The summed E-state index contributed by atoms with van der Waals surface area (Å²) in [4.78, 5) is 36.9. The summed E-state index contributed by atoms with van der Waals surface area (Å²) in [6.45, 7) is 4.47. The summed E-state index contributed by atoms with van der Waals surface area (Å²) in [7, 11) is 1.41. The molecule has 2 aromatic carbocycles. The number of hydrogen-bond donors (Lipinski definition) is 3. The van der Waals surface area contributed by atoms with Crippen molar-refractivity contribution in [2.24, 2.45) is 0 Å². The number of aryl methyl sites for hydroxylation is 2. The summed E-state index contributed by atoms with van der Waals surface area (Å²) in [6, 6.07) is 17.3. The second-order valence-corrected chi connectivity index (χ2v) is 9.31. The SMILES string of the molecule is CCCc1nc2cccc(NCCCCCC(=O)OC)c2c(=O)n1-c1ccccc1.Cc1nc(N)nc(N)c1C#N. The molecule has 214 valence electrons. The van der Waals surface area contributed by atoms with Gasteiger partial charge in [0, 0.05) is 25.1 Å². The molecule has 0 fully saturated rings. The lowest BCUT2D eigenvalue weighted by atomic mass is 10.1. The number of fused-ring (bicyclic) bond motifs is 1. The van der Waals surface area contributed by atoms with Gasteiger partial charge >= 0.3 is 5.97 Å². The third kappa shape index (κ3) is 8.02. The standard InChI is InChI=1S/C24H29N3O3.C6H7N5/c1-3-11-21-26-20-15-10-14-19(25-17-9-5-8-16-22(28)30-2)23(20)24(29)27(21)18-12-6-4-7-13-18;1-3-4(2-7)5(8)11-6(9)10-3/h4,6-7,10,12-15,25H,3,5,8-9,11,16-17H2,1-2H3;1H3,(H4,8,9,10,11). The summed E-state index contributed by atoms with van der Waals surface area (Å²) >= 11 is 0. The molecule has 4 rings (SSSR count). The largest absolute Gasteiger partial charge is 0.469 e. The van der Waals surface area contributed by atoms with Gasteiger partial charge in [0.25, 0.3) is 5.56 Å². The highest BCUT2D eigenvalue weighted by atomic mass is 16.5. The zero-order chi connectivity index (χ0) is 29.8. The van der Waals surface area contributed by atoms with E-state index >= 15 is 0 Å². The fourth-order valence-corrected chi connectivity index (χ4v) is 4.31. The maximum atomic E-state index is 13.5. The van der Waals surface area contributed by atoms with Crippen LogP contribution in [-0.4, -0.2) is 39.1 Å². The molecule has 0 saturated carbocycles. The van der Waals surface area contributed by atoms with Crippen molar-refractivity contribution in [2.75, 3.05) is 30.4 Å². The minimum Gasteiger partial charge on any atom is -0.469 e. The number of esters is 1. The Morgan fingerprint density at radius 2 is 1.80 bits per heavy atom. The fraction of sp³-hybridized carbons (Fsp3) is 0.333. The van der Waals surface area contributed by atoms with E-state index in [1.54, 1.807) is 11.5 Å². The van der Waals surface area contributed by atoms with Gasteiger partial charge in [0.05, 0.1) is 29.4 Å². The number of aromatic nitrogens is 4. The maximum Gasteiger partial charge on any atom is 0.305 e. The van der Waals surface area contributed by atoms with Crippen molar-refractivity contribution in [2.45, 2.75) is 52.4 Å². The normalized spacial score (nSPS) is 10.4. The summed E-state index contributed by atoms with van der Waals surface area (Å²) in [5, 5.41) is 12.5. The molecule has 0 aliphatic rings. The van der Waals surface area contributed by atoms with Gasteiger partial charge in [0.1, 0.15) is 23.3 Å². The molecule has 0 spiro atoms. The van der Waals surface area contributed by atoms with Gasteiger partial charge < -0.3 is 21.5 Å². The lowest BCUT2D eigenvalue weighted by Crippen LogP contribution is -2.24. The van der Waals surface area contributed by atoms with E-state index in [9.17, 15) is 9.59 Å². The first-order valence-corrected chi connectivity index (χ1v) is 13.5. The number of methoxy groups -OCH3 is 1. The number of hydrogen-bond acceptors (Lipinski definition) is 10. The molecule has 0 unspecified atom stereocenters. The summed E-state index contributed by atoms with van der Waals surface area (Å²) in [6.07, 6.45) is 4.71. The van der Waals surface area contributed by atoms with E-state index < -0.39 is 0 Å². The van der Waals surface area contributed by atoms with Crippen molar-refractivity contribution < 1.29 is 9.53 Å². The van der Waals surface area contributed by atoms with E-state index in [1.165, 1.54) is 7.11 Å². The average Bonchev–Trinajstić information content (AvgIpc) is 2.95. The molecular weight excluding hydrogens is 520 g/mol. The Kier molecular flexibility index (Phi) is 11.2. The topological polar surface area (TPSA) is 175 Å². The van der Waals surface area contributed by atoms with Crippen molar-refractivity contribution in [3.63, 3.8) is 0 Å². The van der Waals surface area contributed by atoms with Gasteiger partial charge in [-0.1, -0.05) is 37.6 Å². The summed E-state index contributed by atoms with van der Waals surface area (Å²) in [5.41, 5.74) is 13.7. The van der Waals surface area contributed by atoms with Crippen LogP contribution in [0.3, 0.4) is 0 Å². The molecule has 41 heavy (non-hydrogen) atoms. The Labute approximate surface area is 239 Å². The number of rotatable bonds is 10. The van der Waals surface area contributed by atoms with Crippen LogP contribution in [0.5, 0.6) is 0 Å². The third-order valence-corrected chi connectivity index (χ3v) is 6.30. The second-order valence-electron chi connectivity index (χ2n) is 9.31. The fourth-order valence-electron chi connectivity index (χ4n) is 4.31. The molecule has 0 radical (unpaired) electrons. The van der Waals surface area contributed by atoms with Gasteiger partial charge in [0.15, 0.2) is 0 Å². The van der Waals surface area contributed by atoms with Crippen molar-refractivity contribution >= 4 is 34.3 Å². The van der Waals surface area contributed by atoms with Crippen molar-refractivity contribution in [3.05, 3.63) is 76.0 Å². The first kappa shape index (κ1) is 30.6. The zero-order valence-corrected chi connectivity index (χ0v) is 23.7. The highest BCUT2D eigenvalue weighted by Crippen LogP contribution is 2.21. The molecule has 4 aromatic rings. The van der Waals surface area contributed by atoms with Crippen LogP contribution < -0.4 is 22.3 Å². The minimum absolute atomic E-state index is 0.0524. The number of benzene rings is 2. The first-order valence-electron chi connectivity index (χ1n) is 13.5. The van der Waals surface area contributed by atoms with E-state index in [1.807, 2.05) is 54.6 Å². The molecule has 2 heterocycles. The molecule has 5 N–H and O–H groups in total. The highest BCUT2D eigenvalue weighted by molar-refractivity contribution is 5.90. The van der Waals surface area contributed by atoms with Crippen LogP contribution in [0.1, 0.15) is 56.1 Å². The van der Waals surface area contributed by atoms with Gasteiger partial charge in [-0.2, -0.15) is 10.2 Å². The number of nitriles is 1. The first-order chi connectivity index (χ1) is 19.8.